The van der Waals surface area contributed by atoms with E-state index in [1.165, 1.54) is 12.1 Å². The maximum Gasteiger partial charge on any atom is 0.158 e. The molecular weight excluding hydrogens is 291 g/mol. The molecule has 0 saturated heterocycles. The number of benzene rings is 1. The fourth-order valence-electron chi connectivity index (χ4n) is 2.59. The molecule has 0 amide bonds. The van der Waals surface area contributed by atoms with Crippen LogP contribution in [-0.4, -0.2) is 25.2 Å². The molecule has 0 fully saturated rings. The lowest BCUT2D eigenvalue weighted by atomic mass is 10.2. The summed E-state index contributed by atoms with van der Waals surface area (Å²) in [6.45, 7) is 2.57. The Bertz CT molecular complexity index is 773. The third-order valence-corrected chi connectivity index (χ3v) is 3.73. The van der Waals surface area contributed by atoms with Crippen LogP contribution >= 0.6 is 11.6 Å². The largest absolute Gasteiger partial charge is 0.308 e. The third kappa shape index (κ3) is 2.53. The number of rotatable bonds is 4. The molecule has 2 aromatic heterocycles. The second-order valence-electron chi connectivity index (χ2n) is 5.06. The number of halogens is 2. The van der Waals surface area contributed by atoms with Gasteiger partial charge in [-0.1, -0.05) is 12.1 Å². The SMILES string of the molecule is Cc1nn(C)c2c1nc(CCCl)n2Cc1ccc(F)cc1. The smallest absolute Gasteiger partial charge is 0.158 e. The van der Waals surface area contributed by atoms with Gasteiger partial charge >= 0.3 is 0 Å². The number of fused-ring (bicyclic) bond motifs is 1. The molecule has 110 valence electrons. The van der Waals surface area contributed by atoms with Gasteiger partial charge in [-0.15, -0.1) is 11.6 Å². The van der Waals surface area contributed by atoms with E-state index in [1.807, 2.05) is 18.7 Å². The summed E-state index contributed by atoms with van der Waals surface area (Å²) in [5.74, 6) is 1.21. The Morgan fingerprint density at radius 2 is 1.95 bits per heavy atom. The molecule has 0 spiro atoms. The van der Waals surface area contributed by atoms with Crippen LogP contribution in [0.4, 0.5) is 4.39 Å². The topological polar surface area (TPSA) is 35.6 Å². The summed E-state index contributed by atoms with van der Waals surface area (Å²) in [6.07, 6.45) is 0.691. The molecule has 0 bridgehead atoms. The van der Waals surface area contributed by atoms with Gasteiger partial charge in [0.05, 0.1) is 12.2 Å². The van der Waals surface area contributed by atoms with Crippen molar-refractivity contribution in [2.75, 3.05) is 5.88 Å². The molecule has 21 heavy (non-hydrogen) atoms. The normalized spacial score (nSPS) is 11.4. The molecular formula is C15H16ClFN4. The second-order valence-corrected chi connectivity index (χ2v) is 5.44. The molecule has 0 saturated carbocycles. The van der Waals surface area contributed by atoms with E-state index in [1.54, 1.807) is 12.1 Å². The lowest BCUT2D eigenvalue weighted by Gasteiger charge is -2.09. The van der Waals surface area contributed by atoms with Crippen LogP contribution in [0.3, 0.4) is 0 Å². The minimum atomic E-state index is -0.230. The van der Waals surface area contributed by atoms with Gasteiger partial charge in [0.25, 0.3) is 0 Å². The molecule has 6 heteroatoms. The predicted octanol–water partition coefficient (Wildman–Crippen LogP) is 3.05. The van der Waals surface area contributed by atoms with Gasteiger partial charge in [0, 0.05) is 19.3 Å². The number of hydrogen-bond donors (Lipinski definition) is 0. The van der Waals surface area contributed by atoms with Gasteiger partial charge in [-0.05, 0) is 24.6 Å². The van der Waals surface area contributed by atoms with Crippen LogP contribution in [0, 0.1) is 12.7 Å². The van der Waals surface area contributed by atoms with Crippen molar-refractivity contribution < 1.29 is 4.39 Å². The lowest BCUT2D eigenvalue weighted by molar-refractivity contribution is 0.625. The van der Waals surface area contributed by atoms with Crippen LogP contribution in [0.2, 0.25) is 0 Å². The van der Waals surface area contributed by atoms with Crippen LogP contribution in [0.25, 0.3) is 11.2 Å². The Morgan fingerprint density at radius 3 is 2.62 bits per heavy atom. The minimum Gasteiger partial charge on any atom is -0.308 e. The number of hydrogen-bond acceptors (Lipinski definition) is 2. The van der Waals surface area contributed by atoms with Crippen LogP contribution in [0.1, 0.15) is 17.1 Å². The van der Waals surface area contributed by atoms with E-state index < -0.39 is 0 Å². The van der Waals surface area contributed by atoms with E-state index in [0.29, 0.717) is 18.8 Å². The maximum atomic E-state index is 13.0. The van der Waals surface area contributed by atoms with Crippen molar-refractivity contribution in [1.82, 2.24) is 19.3 Å². The van der Waals surface area contributed by atoms with Crippen LogP contribution in [-0.2, 0) is 20.0 Å². The van der Waals surface area contributed by atoms with Gasteiger partial charge in [0.15, 0.2) is 5.65 Å². The molecule has 3 rings (SSSR count). The van der Waals surface area contributed by atoms with Crippen molar-refractivity contribution in [3.8, 4) is 0 Å². The van der Waals surface area contributed by atoms with Crippen molar-refractivity contribution in [3.63, 3.8) is 0 Å². The first-order valence-corrected chi connectivity index (χ1v) is 7.32. The van der Waals surface area contributed by atoms with Crippen molar-refractivity contribution >= 4 is 22.8 Å². The van der Waals surface area contributed by atoms with E-state index >= 15 is 0 Å². The Hall–Kier alpha value is -1.88. The van der Waals surface area contributed by atoms with Crippen molar-refractivity contribution in [2.24, 2.45) is 7.05 Å². The molecule has 0 N–H and O–H groups in total. The average molecular weight is 307 g/mol. The molecule has 0 atom stereocenters. The summed E-state index contributed by atoms with van der Waals surface area (Å²) in [4.78, 5) is 4.66. The standard InChI is InChI=1S/C15H16ClFN4/c1-10-14-15(20(2)19-10)21(13(18-14)7-8-16)9-11-3-5-12(17)6-4-11/h3-6H,7-9H2,1-2H3. The van der Waals surface area contributed by atoms with Crippen LogP contribution in [0.15, 0.2) is 24.3 Å². The van der Waals surface area contributed by atoms with Crippen molar-refractivity contribution in [1.29, 1.82) is 0 Å². The molecule has 4 nitrogen and oxygen atoms in total. The molecule has 0 unspecified atom stereocenters. The summed E-state index contributed by atoms with van der Waals surface area (Å²) in [5, 5.41) is 4.41. The number of aryl methyl sites for hydroxylation is 3. The molecule has 0 aliphatic carbocycles. The Labute approximate surface area is 127 Å². The van der Waals surface area contributed by atoms with Gasteiger partial charge < -0.3 is 4.57 Å². The van der Waals surface area contributed by atoms with Crippen molar-refractivity contribution in [3.05, 3.63) is 47.2 Å². The fourth-order valence-corrected chi connectivity index (χ4v) is 2.76. The second kappa shape index (κ2) is 5.48. The highest BCUT2D eigenvalue weighted by molar-refractivity contribution is 6.17. The molecule has 0 radical (unpaired) electrons. The van der Waals surface area contributed by atoms with E-state index in [9.17, 15) is 4.39 Å². The zero-order chi connectivity index (χ0) is 15.0. The minimum absolute atomic E-state index is 0.230. The highest BCUT2D eigenvalue weighted by Gasteiger charge is 2.17. The zero-order valence-electron chi connectivity index (χ0n) is 12.0. The molecule has 2 heterocycles. The van der Waals surface area contributed by atoms with Crippen LogP contribution < -0.4 is 0 Å². The average Bonchev–Trinajstić information content (AvgIpc) is 2.93. The third-order valence-electron chi connectivity index (χ3n) is 3.54. The number of imidazole rings is 1. The Kier molecular flexibility index (Phi) is 3.68. The highest BCUT2D eigenvalue weighted by Crippen LogP contribution is 2.21. The first-order valence-electron chi connectivity index (χ1n) is 6.79. The summed E-state index contributed by atoms with van der Waals surface area (Å²) < 4.78 is 17.0. The van der Waals surface area contributed by atoms with Crippen molar-refractivity contribution in [2.45, 2.75) is 19.9 Å². The van der Waals surface area contributed by atoms with E-state index in [-0.39, 0.29) is 5.82 Å². The quantitative estimate of drug-likeness (QED) is 0.695. The Balaban J connectivity index is 2.10. The summed E-state index contributed by atoms with van der Waals surface area (Å²) in [6, 6.07) is 6.52. The van der Waals surface area contributed by atoms with Gasteiger partial charge in [-0.25, -0.2) is 9.37 Å². The molecule has 1 aromatic carbocycles. The molecule has 3 aromatic rings. The zero-order valence-corrected chi connectivity index (χ0v) is 12.7. The maximum absolute atomic E-state index is 13.0. The van der Waals surface area contributed by atoms with Gasteiger partial charge in [0.1, 0.15) is 17.2 Å². The van der Waals surface area contributed by atoms with Crippen LogP contribution in [0.5, 0.6) is 0 Å². The predicted molar refractivity (Wildman–Crippen MR) is 81.2 cm³/mol. The van der Waals surface area contributed by atoms with Gasteiger partial charge in [-0.2, -0.15) is 5.10 Å². The van der Waals surface area contributed by atoms with Gasteiger partial charge in [-0.3, -0.25) is 4.68 Å². The number of nitrogens with zero attached hydrogens (tertiary/aromatic N) is 4. The number of aromatic nitrogens is 4. The first kappa shape index (κ1) is 14.1. The molecule has 0 aliphatic heterocycles. The summed E-state index contributed by atoms with van der Waals surface area (Å²) in [5.41, 5.74) is 3.79. The highest BCUT2D eigenvalue weighted by atomic mass is 35.5. The monoisotopic (exact) mass is 306 g/mol. The Morgan fingerprint density at radius 1 is 1.24 bits per heavy atom. The van der Waals surface area contributed by atoms with E-state index in [2.05, 4.69) is 14.6 Å². The van der Waals surface area contributed by atoms with Gasteiger partial charge in [0.2, 0.25) is 0 Å². The van der Waals surface area contributed by atoms with E-state index in [4.69, 9.17) is 11.6 Å². The summed E-state index contributed by atoms with van der Waals surface area (Å²) >= 11 is 5.88. The number of alkyl halides is 1. The first-order chi connectivity index (χ1) is 10.1. The summed E-state index contributed by atoms with van der Waals surface area (Å²) in [7, 11) is 1.91. The van der Waals surface area contributed by atoms with E-state index in [0.717, 1.165) is 28.2 Å². The lowest BCUT2D eigenvalue weighted by Crippen LogP contribution is -2.09. The molecule has 0 aliphatic rings. The fraction of sp³-hybridized carbons (Fsp3) is 0.333.